The Bertz CT molecular complexity index is 1200. The van der Waals surface area contributed by atoms with E-state index in [0.29, 0.717) is 27.2 Å². The van der Waals surface area contributed by atoms with Gasteiger partial charge in [0.25, 0.3) is 10.1 Å². The molecule has 0 aliphatic carbocycles. The Balaban J connectivity index is 1.73. The molecule has 0 spiro atoms. The fourth-order valence-electron chi connectivity index (χ4n) is 2.49. The van der Waals surface area contributed by atoms with Gasteiger partial charge in [0.1, 0.15) is 5.75 Å². The smallest absolute Gasteiger partial charge is 0.264 e. The Kier molecular flexibility index (Phi) is 7.77. The number of nitrogens with two attached hydrogens (primary N) is 1. The summed E-state index contributed by atoms with van der Waals surface area (Å²) in [7, 11) is -4.04. The number of nitrogens with zero attached hydrogens (tertiary/aromatic N) is 3. The molecule has 31 heavy (non-hydrogen) atoms. The van der Waals surface area contributed by atoms with Gasteiger partial charge in [-0.1, -0.05) is 16.4 Å². The molecule has 1 aromatic heterocycles. The van der Waals surface area contributed by atoms with Crippen LogP contribution in [0.2, 0.25) is 0 Å². The molecule has 0 amide bonds. The molecule has 4 N–H and O–H groups in total. The summed E-state index contributed by atoms with van der Waals surface area (Å²) in [6.45, 7) is 1.88. The van der Waals surface area contributed by atoms with Crippen molar-refractivity contribution in [2.45, 2.75) is 18.2 Å². The van der Waals surface area contributed by atoms with Gasteiger partial charge in [-0.25, -0.2) is 10.2 Å². The monoisotopic (exact) mass is 486 g/mol. The normalized spacial score (nSPS) is 12.1. The lowest BCUT2D eigenvalue weighted by Crippen LogP contribution is -2.09. The highest BCUT2D eigenvalue weighted by Gasteiger charge is 2.10. The molecule has 2 aromatic carbocycles. The van der Waals surface area contributed by atoms with Crippen LogP contribution >= 0.6 is 23.4 Å². The van der Waals surface area contributed by atoms with E-state index in [1.807, 2.05) is 13.0 Å². The van der Waals surface area contributed by atoms with Crippen molar-refractivity contribution in [3.05, 3.63) is 35.9 Å². The second-order valence-corrected chi connectivity index (χ2v) is 9.57. The SMILES string of the molecule is Cc1cc(N)c(OCCCS(=O)(=O)O)cc1N=Nc1nc2ccc(SOOO)cc2s1. The van der Waals surface area contributed by atoms with Crippen LogP contribution in [0, 0.1) is 6.92 Å². The molecule has 0 radical (unpaired) electrons. The molecule has 1 heterocycles. The summed E-state index contributed by atoms with van der Waals surface area (Å²) in [5.74, 6) is -0.0607. The van der Waals surface area contributed by atoms with Crippen LogP contribution in [0.15, 0.2) is 45.5 Å². The number of hydrogen-bond acceptors (Lipinski definition) is 12. The number of aryl methyl sites for hydroxylation is 1. The molecular weight excluding hydrogens is 468 g/mol. The number of azo groups is 1. The van der Waals surface area contributed by atoms with Crippen LogP contribution in [0.3, 0.4) is 0 Å². The third-order valence-corrected chi connectivity index (χ3v) is 6.17. The van der Waals surface area contributed by atoms with Gasteiger partial charge in [-0.15, -0.1) is 14.6 Å². The van der Waals surface area contributed by atoms with Crippen molar-refractivity contribution in [3.63, 3.8) is 0 Å². The first-order chi connectivity index (χ1) is 14.7. The molecule has 0 saturated heterocycles. The summed E-state index contributed by atoms with van der Waals surface area (Å²) in [6, 6.07) is 8.62. The minimum Gasteiger partial charge on any atom is -0.491 e. The van der Waals surface area contributed by atoms with Gasteiger partial charge in [-0.3, -0.25) is 4.55 Å². The zero-order valence-corrected chi connectivity index (χ0v) is 18.5. The molecule has 3 aromatic rings. The quantitative estimate of drug-likeness (QED) is 0.0696. The maximum Gasteiger partial charge on any atom is 0.264 e. The van der Waals surface area contributed by atoms with E-state index < -0.39 is 15.9 Å². The molecule has 0 atom stereocenters. The van der Waals surface area contributed by atoms with Gasteiger partial charge in [-0.2, -0.15) is 8.42 Å². The molecule has 0 fully saturated rings. The molecule has 166 valence electrons. The summed E-state index contributed by atoms with van der Waals surface area (Å²) >= 11 is 2.16. The lowest BCUT2D eigenvalue weighted by molar-refractivity contribution is -0.432. The first-order valence-electron chi connectivity index (χ1n) is 8.70. The fraction of sp³-hybridized carbons (Fsp3) is 0.235. The molecule has 0 aliphatic heterocycles. The largest absolute Gasteiger partial charge is 0.491 e. The number of nitrogen functional groups attached to an aromatic ring is 1. The van der Waals surface area contributed by atoms with Gasteiger partial charge in [0.15, 0.2) is 0 Å². The number of fused-ring (bicyclic) bond motifs is 1. The van der Waals surface area contributed by atoms with Crippen molar-refractivity contribution in [1.82, 2.24) is 4.98 Å². The first-order valence-corrected chi connectivity index (χ1v) is 11.9. The molecular formula is C17H18N4O7S3. The van der Waals surface area contributed by atoms with Crippen LogP contribution in [-0.2, 0) is 19.5 Å². The second-order valence-electron chi connectivity index (χ2n) is 6.22. The van der Waals surface area contributed by atoms with Crippen LogP contribution < -0.4 is 10.5 Å². The van der Waals surface area contributed by atoms with E-state index >= 15 is 0 Å². The lowest BCUT2D eigenvalue weighted by atomic mass is 10.1. The number of ether oxygens (including phenoxy) is 1. The Hall–Kier alpha value is -2.33. The van der Waals surface area contributed by atoms with Crippen molar-refractivity contribution in [2.24, 2.45) is 10.2 Å². The lowest BCUT2D eigenvalue weighted by Gasteiger charge is -2.10. The number of hydrogen-bond donors (Lipinski definition) is 3. The van der Waals surface area contributed by atoms with Crippen LogP contribution in [0.5, 0.6) is 5.75 Å². The predicted molar refractivity (Wildman–Crippen MR) is 117 cm³/mol. The third-order valence-electron chi connectivity index (χ3n) is 3.89. The molecule has 11 nitrogen and oxygen atoms in total. The van der Waals surface area contributed by atoms with Crippen LogP contribution in [0.25, 0.3) is 10.2 Å². The van der Waals surface area contributed by atoms with Crippen molar-refractivity contribution in [1.29, 1.82) is 0 Å². The highest BCUT2D eigenvalue weighted by molar-refractivity contribution is 7.94. The number of benzene rings is 2. The molecule has 14 heteroatoms. The maximum atomic E-state index is 10.8. The van der Waals surface area contributed by atoms with Gasteiger partial charge in [-0.05, 0) is 43.2 Å². The number of anilines is 1. The standard InChI is InChI=1S/C17H18N4O7S3/c1-10-7-12(18)15(26-5-2-6-31(23,24)25)9-14(10)20-21-17-19-13-4-3-11(30-28-27-22)8-16(13)29-17/h3-4,7-9,22H,2,5-6,18H2,1H3,(H,23,24,25). The Morgan fingerprint density at radius 3 is 2.81 bits per heavy atom. The number of thiazole rings is 1. The molecule has 0 saturated carbocycles. The van der Waals surface area contributed by atoms with E-state index in [4.69, 9.17) is 20.3 Å². The van der Waals surface area contributed by atoms with E-state index in [2.05, 4.69) is 24.6 Å². The number of aromatic nitrogens is 1. The van der Waals surface area contributed by atoms with E-state index in [0.717, 1.165) is 27.8 Å². The van der Waals surface area contributed by atoms with E-state index in [-0.39, 0.29) is 13.0 Å². The minimum absolute atomic E-state index is 0.0624. The van der Waals surface area contributed by atoms with E-state index in [1.54, 1.807) is 24.3 Å². The van der Waals surface area contributed by atoms with Crippen LogP contribution in [0.1, 0.15) is 12.0 Å². The van der Waals surface area contributed by atoms with Crippen molar-refractivity contribution in [2.75, 3.05) is 18.1 Å². The molecule has 0 unspecified atom stereocenters. The van der Waals surface area contributed by atoms with Gasteiger partial charge in [0.05, 0.1) is 46.0 Å². The summed E-state index contributed by atoms with van der Waals surface area (Å²) in [5, 5.41) is 20.7. The zero-order valence-electron chi connectivity index (χ0n) is 16.1. The number of rotatable bonds is 10. The van der Waals surface area contributed by atoms with Gasteiger partial charge >= 0.3 is 0 Å². The minimum atomic E-state index is -4.04. The van der Waals surface area contributed by atoms with E-state index in [9.17, 15) is 8.42 Å². The van der Waals surface area contributed by atoms with Crippen LogP contribution in [-0.4, -0.2) is 35.6 Å². The maximum absolute atomic E-state index is 10.8. The van der Waals surface area contributed by atoms with Crippen molar-refractivity contribution >= 4 is 60.2 Å². The van der Waals surface area contributed by atoms with Crippen molar-refractivity contribution < 1.29 is 32.3 Å². The summed E-state index contributed by atoms with van der Waals surface area (Å²) in [6.07, 6.45) is 0.116. The van der Waals surface area contributed by atoms with Crippen molar-refractivity contribution in [3.8, 4) is 5.75 Å². The second kappa shape index (κ2) is 10.3. The topological polar surface area (TPSA) is 166 Å². The molecule has 3 rings (SSSR count). The fourth-order valence-corrected chi connectivity index (χ4v) is 4.28. The highest BCUT2D eigenvalue weighted by atomic mass is 32.2. The molecule has 0 bridgehead atoms. The summed E-state index contributed by atoms with van der Waals surface area (Å²) < 4.78 is 41.1. The first kappa shape index (κ1) is 23.3. The Labute approximate surface area is 185 Å². The van der Waals surface area contributed by atoms with Crippen LogP contribution in [0.4, 0.5) is 16.5 Å². The Morgan fingerprint density at radius 2 is 2.06 bits per heavy atom. The average molecular weight is 487 g/mol. The predicted octanol–water partition coefficient (Wildman–Crippen LogP) is 4.69. The third kappa shape index (κ3) is 6.83. The average Bonchev–Trinajstić information content (AvgIpc) is 3.11. The summed E-state index contributed by atoms with van der Waals surface area (Å²) in [4.78, 5) is 5.10. The van der Waals surface area contributed by atoms with Gasteiger partial charge in [0, 0.05) is 11.0 Å². The van der Waals surface area contributed by atoms with Gasteiger partial charge in [0.2, 0.25) is 5.13 Å². The highest BCUT2D eigenvalue weighted by Crippen LogP contribution is 2.35. The summed E-state index contributed by atoms with van der Waals surface area (Å²) in [5.41, 5.74) is 8.35. The van der Waals surface area contributed by atoms with Gasteiger partial charge < -0.3 is 10.5 Å². The zero-order chi connectivity index (χ0) is 22.4. The Morgan fingerprint density at radius 1 is 1.26 bits per heavy atom. The van der Waals surface area contributed by atoms with E-state index in [1.165, 1.54) is 11.3 Å². The molecule has 0 aliphatic rings.